The molecule has 1 saturated carbocycles. The second-order valence-corrected chi connectivity index (χ2v) is 3.16. The monoisotopic (exact) mass is 153 g/mol. The highest BCUT2D eigenvalue weighted by molar-refractivity contribution is 5.85. The summed E-state index contributed by atoms with van der Waals surface area (Å²) in [6, 6.07) is 0. The highest BCUT2D eigenvalue weighted by atomic mass is 16.1. The zero-order valence-electron chi connectivity index (χ0n) is 6.75. The van der Waals surface area contributed by atoms with E-state index in [0.717, 1.165) is 0 Å². The van der Waals surface area contributed by atoms with Crippen molar-refractivity contribution in [3.8, 4) is 0 Å². The van der Waals surface area contributed by atoms with Crippen LogP contribution in [0.5, 0.6) is 0 Å². The van der Waals surface area contributed by atoms with Gasteiger partial charge in [-0.25, -0.2) is 0 Å². The van der Waals surface area contributed by atoms with Crippen LogP contribution in [0.4, 0.5) is 0 Å². The van der Waals surface area contributed by atoms with Crippen molar-refractivity contribution in [3.63, 3.8) is 0 Å². The van der Waals surface area contributed by atoms with Gasteiger partial charge in [0, 0.05) is 0 Å². The zero-order valence-corrected chi connectivity index (χ0v) is 6.75. The number of allylic oxidation sites excluding steroid dienone is 1. The first-order chi connectivity index (χ1) is 5.29. The molecule has 0 spiro atoms. The van der Waals surface area contributed by atoms with Crippen LogP contribution in [-0.4, -0.2) is 5.91 Å². The Morgan fingerprint density at radius 3 is 2.45 bits per heavy atom. The summed E-state index contributed by atoms with van der Waals surface area (Å²) in [5.74, 6) is 0.284. The maximum absolute atomic E-state index is 10.4. The third-order valence-corrected chi connectivity index (χ3v) is 2.18. The van der Waals surface area contributed by atoms with Gasteiger partial charge in [0.2, 0.25) is 5.91 Å². The minimum atomic E-state index is -0.324. The van der Waals surface area contributed by atoms with Gasteiger partial charge >= 0.3 is 0 Å². The first kappa shape index (κ1) is 8.31. The molecule has 0 heterocycles. The summed E-state index contributed by atoms with van der Waals surface area (Å²) in [5, 5.41) is 0. The molecule has 62 valence electrons. The number of amides is 1. The first-order valence-corrected chi connectivity index (χ1v) is 4.26. The number of primary amides is 1. The summed E-state index contributed by atoms with van der Waals surface area (Å²) in [7, 11) is 0. The Balaban J connectivity index is 2.29. The van der Waals surface area contributed by atoms with Crippen LogP contribution in [0.1, 0.15) is 32.1 Å². The number of rotatable bonds is 2. The van der Waals surface area contributed by atoms with Gasteiger partial charge in [-0.15, -0.1) is 0 Å². The van der Waals surface area contributed by atoms with Crippen molar-refractivity contribution in [2.24, 2.45) is 11.7 Å². The van der Waals surface area contributed by atoms with Crippen LogP contribution in [0.2, 0.25) is 0 Å². The van der Waals surface area contributed by atoms with Gasteiger partial charge in [0.05, 0.1) is 0 Å². The lowest BCUT2D eigenvalue weighted by Crippen LogP contribution is -2.08. The highest BCUT2D eigenvalue weighted by Gasteiger charge is 2.09. The lowest BCUT2D eigenvalue weighted by Gasteiger charge is -2.17. The van der Waals surface area contributed by atoms with Gasteiger partial charge in [0.1, 0.15) is 0 Å². The number of hydrogen-bond acceptors (Lipinski definition) is 1. The predicted molar refractivity (Wildman–Crippen MR) is 44.9 cm³/mol. The van der Waals surface area contributed by atoms with Crippen LogP contribution >= 0.6 is 0 Å². The van der Waals surface area contributed by atoms with Crippen LogP contribution in [0, 0.1) is 5.92 Å². The van der Waals surface area contributed by atoms with Crippen molar-refractivity contribution in [3.05, 3.63) is 12.2 Å². The Hall–Kier alpha value is -0.790. The van der Waals surface area contributed by atoms with E-state index in [0.29, 0.717) is 5.92 Å². The van der Waals surface area contributed by atoms with E-state index in [1.165, 1.54) is 38.2 Å². The van der Waals surface area contributed by atoms with E-state index in [2.05, 4.69) is 0 Å². The molecule has 0 saturated heterocycles. The van der Waals surface area contributed by atoms with Gasteiger partial charge in [0.25, 0.3) is 0 Å². The molecule has 2 nitrogen and oxygen atoms in total. The van der Waals surface area contributed by atoms with Crippen molar-refractivity contribution in [2.75, 3.05) is 0 Å². The zero-order chi connectivity index (χ0) is 8.10. The predicted octanol–water partition coefficient (Wildman–Crippen LogP) is 1.61. The van der Waals surface area contributed by atoms with Crippen molar-refractivity contribution >= 4 is 5.91 Å². The molecule has 1 fully saturated rings. The summed E-state index contributed by atoms with van der Waals surface area (Å²) in [6.07, 6.45) is 9.85. The van der Waals surface area contributed by atoms with Crippen molar-refractivity contribution in [1.29, 1.82) is 0 Å². The molecule has 1 amide bonds. The van der Waals surface area contributed by atoms with Crippen molar-refractivity contribution in [1.82, 2.24) is 0 Å². The fourth-order valence-corrected chi connectivity index (χ4v) is 1.56. The lowest BCUT2D eigenvalue weighted by molar-refractivity contribution is -0.113. The Labute approximate surface area is 67.5 Å². The molecule has 2 heteroatoms. The molecule has 0 bridgehead atoms. The maximum atomic E-state index is 10.4. The van der Waals surface area contributed by atoms with E-state index in [9.17, 15) is 4.79 Å². The Kier molecular flexibility index (Phi) is 3.14. The van der Waals surface area contributed by atoms with Crippen molar-refractivity contribution < 1.29 is 4.79 Å². The lowest BCUT2D eigenvalue weighted by atomic mass is 9.89. The van der Waals surface area contributed by atoms with E-state index in [4.69, 9.17) is 5.73 Å². The fourth-order valence-electron chi connectivity index (χ4n) is 1.56. The smallest absolute Gasteiger partial charge is 0.241 e. The topological polar surface area (TPSA) is 43.1 Å². The van der Waals surface area contributed by atoms with E-state index in [1.54, 1.807) is 0 Å². The van der Waals surface area contributed by atoms with Gasteiger partial charge in [-0.1, -0.05) is 25.3 Å². The number of carbonyl (C=O) groups excluding carboxylic acids is 1. The summed E-state index contributed by atoms with van der Waals surface area (Å²) >= 11 is 0. The Morgan fingerprint density at radius 2 is 1.91 bits per heavy atom. The molecule has 0 aromatic rings. The maximum Gasteiger partial charge on any atom is 0.241 e. The minimum absolute atomic E-state index is 0.324. The van der Waals surface area contributed by atoms with Gasteiger partial charge < -0.3 is 5.73 Å². The molecule has 0 aromatic heterocycles. The molecule has 1 aliphatic carbocycles. The number of nitrogens with two attached hydrogens (primary N) is 1. The largest absolute Gasteiger partial charge is 0.366 e. The molecule has 0 atom stereocenters. The van der Waals surface area contributed by atoms with E-state index < -0.39 is 0 Å². The molecule has 1 rings (SSSR count). The fraction of sp³-hybridized carbons (Fsp3) is 0.667. The molecule has 0 aromatic carbocycles. The summed E-state index contributed by atoms with van der Waals surface area (Å²) in [6.45, 7) is 0. The summed E-state index contributed by atoms with van der Waals surface area (Å²) in [4.78, 5) is 10.4. The second-order valence-electron chi connectivity index (χ2n) is 3.16. The Bertz CT molecular complexity index is 157. The third-order valence-electron chi connectivity index (χ3n) is 2.18. The van der Waals surface area contributed by atoms with E-state index in [1.807, 2.05) is 6.08 Å². The van der Waals surface area contributed by atoms with Crippen LogP contribution < -0.4 is 5.73 Å². The average molecular weight is 153 g/mol. The Morgan fingerprint density at radius 1 is 1.27 bits per heavy atom. The molecule has 0 unspecified atom stereocenters. The molecule has 0 radical (unpaired) electrons. The first-order valence-electron chi connectivity index (χ1n) is 4.26. The van der Waals surface area contributed by atoms with Crippen LogP contribution in [0.3, 0.4) is 0 Å². The molecular weight excluding hydrogens is 138 g/mol. The van der Waals surface area contributed by atoms with Crippen LogP contribution in [0.15, 0.2) is 12.2 Å². The summed E-state index contributed by atoms with van der Waals surface area (Å²) < 4.78 is 0. The highest BCUT2D eigenvalue weighted by Crippen LogP contribution is 2.24. The van der Waals surface area contributed by atoms with Gasteiger partial charge in [-0.2, -0.15) is 0 Å². The second kappa shape index (κ2) is 4.16. The molecular formula is C9H15NO. The quantitative estimate of drug-likeness (QED) is 0.602. The average Bonchev–Trinajstić information content (AvgIpc) is 2.03. The van der Waals surface area contributed by atoms with E-state index in [-0.39, 0.29) is 5.91 Å². The van der Waals surface area contributed by atoms with Crippen LogP contribution in [-0.2, 0) is 4.79 Å². The minimum Gasteiger partial charge on any atom is -0.366 e. The molecule has 2 N–H and O–H groups in total. The van der Waals surface area contributed by atoms with Crippen molar-refractivity contribution in [2.45, 2.75) is 32.1 Å². The summed E-state index contributed by atoms with van der Waals surface area (Å²) in [5.41, 5.74) is 4.98. The van der Waals surface area contributed by atoms with Gasteiger partial charge in [0.15, 0.2) is 0 Å². The standard InChI is InChI=1S/C9H15NO/c10-9(11)7-6-8-4-2-1-3-5-8/h6-8H,1-5H2,(H2,10,11)/b7-6+. The normalized spacial score (nSPS) is 20.7. The SMILES string of the molecule is NC(=O)/C=C/C1CCCCC1. The molecule has 11 heavy (non-hydrogen) atoms. The van der Waals surface area contributed by atoms with Gasteiger partial charge in [-0.3, -0.25) is 4.79 Å². The third kappa shape index (κ3) is 3.21. The number of carbonyl (C=O) groups is 1. The van der Waals surface area contributed by atoms with Gasteiger partial charge in [-0.05, 0) is 24.8 Å². The number of hydrogen-bond donors (Lipinski definition) is 1. The van der Waals surface area contributed by atoms with Crippen LogP contribution in [0.25, 0.3) is 0 Å². The molecule has 1 aliphatic rings. The molecule has 0 aliphatic heterocycles. The van der Waals surface area contributed by atoms with E-state index >= 15 is 0 Å².